The van der Waals surface area contributed by atoms with Gasteiger partial charge in [-0.1, -0.05) is 24.5 Å². The second kappa shape index (κ2) is 9.06. The van der Waals surface area contributed by atoms with E-state index >= 15 is 0 Å². The maximum Gasteiger partial charge on any atom is 0.258 e. The van der Waals surface area contributed by atoms with Crippen LogP contribution in [0.2, 0.25) is 0 Å². The van der Waals surface area contributed by atoms with E-state index in [1.165, 1.54) is 64.2 Å². The molecule has 2 N–H and O–H groups in total. The van der Waals surface area contributed by atoms with Crippen molar-refractivity contribution >= 4 is 5.91 Å². The highest BCUT2D eigenvalue weighted by Crippen LogP contribution is 2.53. The molecule has 1 amide bonds. The molecule has 0 saturated heterocycles. The maximum atomic E-state index is 13.5. The average Bonchev–Trinajstić information content (AvgIpc) is 3.48. The molecule has 7 rings (SSSR count). The number of H-pyrrole nitrogens is 1. The molecule has 5 saturated carbocycles. The van der Waals surface area contributed by atoms with Gasteiger partial charge in [0.15, 0.2) is 5.82 Å². The number of aryl methyl sites for hydroxylation is 2. The van der Waals surface area contributed by atoms with Gasteiger partial charge in [-0.15, -0.1) is 10.2 Å². The number of amides is 1. The molecule has 178 valence electrons. The molecule has 2 aromatic heterocycles. The fourth-order valence-corrected chi connectivity index (χ4v) is 7.28. The molecule has 5 aliphatic rings. The highest BCUT2D eigenvalue weighted by Gasteiger charge is 2.48. The van der Waals surface area contributed by atoms with Crippen molar-refractivity contribution in [2.75, 3.05) is 6.61 Å². The van der Waals surface area contributed by atoms with Gasteiger partial charge in [0.1, 0.15) is 5.56 Å². The number of aromatic nitrogens is 6. The first-order valence-electron chi connectivity index (χ1n) is 12.9. The highest BCUT2D eigenvalue weighted by atomic mass is 16.5. The molecule has 33 heavy (non-hydrogen) atoms. The molecule has 0 atom stereocenters. The van der Waals surface area contributed by atoms with Gasteiger partial charge in [-0.3, -0.25) is 4.79 Å². The lowest BCUT2D eigenvalue weighted by atomic mass is 9.54. The summed E-state index contributed by atoms with van der Waals surface area (Å²) >= 11 is 0. The fourth-order valence-electron chi connectivity index (χ4n) is 7.28. The van der Waals surface area contributed by atoms with Crippen molar-refractivity contribution in [3.05, 3.63) is 17.6 Å². The van der Waals surface area contributed by atoms with E-state index in [0.29, 0.717) is 60.6 Å². The first kappa shape index (κ1) is 21.1. The van der Waals surface area contributed by atoms with Crippen molar-refractivity contribution in [2.45, 2.75) is 83.2 Å². The second-order valence-corrected chi connectivity index (χ2v) is 10.9. The van der Waals surface area contributed by atoms with E-state index < -0.39 is 0 Å². The van der Waals surface area contributed by atoms with E-state index in [1.807, 2.05) is 0 Å². The van der Waals surface area contributed by atoms with Crippen LogP contribution in [0, 0.1) is 29.6 Å². The second-order valence-electron chi connectivity index (χ2n) is 10.9. The highest BCUT2D eigenvalue weighted by molar-refractivity contribution is 5.96. The van der Waals surface area contributed by atoms with Crippen LogP contribution in [0.5, 0.6) is 5.88 Å². The Labute approximate surface area is 194 Å². The van der Waals surface area contributed by atoms with Gasteiger partial charge >= 0.3 is 0 Å². The van der Waals surface area contributed by atoms with Gasteiger partial charge in [0.25, 0.3) is 5.91 Å². The topological polar surface area (TPSA) is 111 Å². The number of ether oxygens (including phenoxy) is 1. The third-order valence-corrected chi connectivity index (χ3v) is 8.68. The summed E-state index contributed by atoms with van der Waals surface area (Å²) in [6, 6.07) is 0.305. The van der Waals surface area contributed by atoms with Crippen molar-refractivity contribution in [1.82, 2.24) is 35.7 Å². The summed E-state index contributed by atoms with van der Waals surface area (Å²) in [6.45, 7) is 1.19. The summed E-state index contributed by atoms with van der Waals surface area (Å²) < 4.78 is 8.12. The zero-order valence-electron chi connectivity index (χ0n) is 19.3. The average molecular weight is 454 g/mol. The van der Waals surface area contributed by atoms with E-state index in [-0.39, 0.29) is 5.91 Å². The van der Waals surface area contributed by atoms with Gasteiger partial charge in [-0.05, 0) is 74.5 Å². The van der Waals surface area contributed by atoms with Gasteiger partial charge in [-0.25, -0.2) is 4.68 Å². The standard InChI is InChI=1S/C24H35N7O2/c32-23(26-22-18-9-16-8-17(11-18)12-19(22)10-16)20-13-25-31(7-6-21-27-29-30-28-21)24(20)33-14-15-4-2-1-3-5-15/h13,15-19,22H,1-12,14H2,(H,26,32)(H,27,28,29,30). The molecule has 0 unspecified atom stereocenters. The largest absolute Gasteiger partial charge is 0.477 e. The SMILES string of the molecule is O=C(NC1C2CC3CC(C2)CC1C3)c1cnn(CCc2nn[nH]n2)c1OCC1CCCCC1. The van der Waals surface area contributed by atoms with Crippen LogP contribution in [-0.4, -0.2) is 49.0 Å². The summed E-state index contributed by atoms with van der Waals surface area (Å²) in [5.41, 5.74) is 0.563. The smallest absolute Gasteiger partial charge is 0.258 e. The third-order valence-electron chi connectivity index (χ3n) is 8.68. The Bertz CT molecular complexity index is 922. The summed E-state index contributed by atoms with van der Waals surface area (Å²) in [5, 5.41) is 22.1. The van der Waals surface area contributed by atoms with Gasteiger partial charge in [0, 0.05) is 12.5 Å². The zero-order valence-corrected chi connectivity index (χ0v) is 19.3. The van der Waals surface area contributed by atoms with E-state index in [9.17, 15) is 4.79 Å². The number of nitrogens with one attached hydrogen (secondary N) is 2. The molecule has 0 radical (unpaired) electrons. The molecule has 0 spiro atoms. The molecular formula is C24H35N7O2. The van der Waals surface area contributed by atoms with Crippen LogP contribution >= 0.6 is 0 Å². The normalized spacial score (nSPS) is 31.1. The summed E-state index contributed by atoms with van der Waals surface area (Å²) in [7, 11) is 0. The van der Waals surface area contributed by atoms with Crippen LogP contribution in [0.15, 0.2) is 6.20 Å². The van der Waals surface area contributed by atoms with Crippen LogP contribution in [-0.2, 0) is 13.0 Å². The fraction of sp³-hybridized carbons (Fsp3) is 0.792. The predicted octanol–water partition coefficient (Wildman–Crippen LogP) is 3.15. The monoisotopic (exact) mass is 453 g/mol. The molecule has 5 aliphatic carbocycles. The molecule has 0 aromatic carbocycles. The Hall–Kier alpha value is -2.45. The van der Waals surface area contributed by atoms with Gasteiger partial charge in [-0.2, -0.15) is 10.3 Å². The lowest BCUT2D eigenvalue weighted by Gasteiger charge is -2.54. The zero-order chi connectivity index (χ0) is 22.2. The number of aromatic amines is 1. The third kappa shape index (κ3) is 4.38. The predicted molar refractivity (Wildman–Crippen MR) is 120 cm³/mol. The van der Waals surface area contributed by atoms with Gasteiger partial charge < -0.3 is 10.1 Å². The minimum Gasteiger partial charge on any atom is -0.477 e. The van der Waals surface area contributed by atoms with Crippen LogP contribution in [0.25, 0.3) is 0 Å². The maximum absolute atomic E-state index is 13.5. The summed E-state index contributed by atoms with van der Waals surface area (Å²) in [6.07, 6.45) is 15.1. The molecule has 2 heterocycles. The molecule has 4 bridgehead atoms. The van der Waals surface area contributed by atoms with Crippen molar-refractivity contribution in [2.24, 2.45) is 29.6 Å². The molecule has 5 fully saturated rings. The van der Waals surface area contributed by atoms with E-state index in [4.69, 9.17) is 4.74 Å². The van der Waals surface area contributed by atoms with Gasteiger partial charge in [0.2, 0.25) is 5.88 Å². The van der Waals surface area contributed by atoms with Crippen molar-refractivity contribution < 1.29 is 9.53 Å². The van der Waals surface area contributed by atoms with Crippen LogP contribution < -0.4 is 10.1 Å². The van der Waals surface area contributed by atoms with Crippen molar-refractivity contribution in [3.63, 3.8) is 0 Å². The number of hydrogen-bond donors (Lipinski definition) is 2. The Morgan fingerprint density at radius 2 is 1.85 bits per heavy atom. The number of rotatable bonds is 8. The molecule has 9 nitrogen and oxygen atoms in total. The van der Waals surface area contributed by atoms with Crippen LogP contribution in [0.1, 0.15) is 80.4 Å². The minimum atomic E-state index is -0.0306. The Kier molecular flexibility index (Phi) is 5.80. The van der Waals surface area contributed by atoms with Gasteiger partial charge in [0.05, 0.1) is 19.3 Å². The minimum absolute atomic E-state index is 0.0306. The van der Waals surface area contributed by atoms with E-state index in [0.717, 1.165) is 11.8 Å². The first-order chi connectivity index (χ1) is 16.2. The number of tetrazole rings is 1. The quantitative estimate of drug-likeness (QED) is 0.635. The molecule has 9 heteroatoms. The van der Waals surface area contributed by atoms with E-state index in [1.54, 1.807) is 10.9 Å². The molecule has 2 aromatic rings. The van der Waals surface area contributed by atoms with Crippen molar-refractivity contribution in [1.29, 1.82) is 0 Å². The Balaban J connectivity index is 1.17. The number of nitrogens with zero attached hydrogens (tertiary/aromatic N) is 5. The molecule has 0 aliphatic heterocycles. The lowest BCUT2D eigenvalue weighted by molar-refractivity contribution is -0.0120. The van der Waals surface area contributed by atoms with Crippen LogP contribution in [0.4, 0.5) is 0 Å². The number of carbonyl (C=O) groups excluding carboxylic acids is 1. The Morgan fingerprint density at radius 1 is 1.09 bits per heavy atom. The van der Waals surface area contributed by atoms with E-state index in [2.05, 4.69) is 31.0 Å². The number of carbonyl (C=O) groups is 1. The first-order valence-corrected chi connectivity index (χ1v) is 12.9. The lowest BCUT2D eigenvalue weighted by Crippen LogP contribution is -2.55. The van der Waals surface area contributed by atoms with Crippen LogP contribution in [0.3, 0.4) is 0 Å². The number of hydrogen-bond acceptors (Lipinski definition) is 6. The summed E-state index contributed by atoms with van der Waals surface area (Å²) in [5.74, 6) is 4.81. The molecular weight excluding hydrogens is 418 g/mol. The summed E-state index contributed by atoms with van der Waals surface area (Å²) in [4.78, 5) is 13.5. The van der Waals surface area contributed by atoms with Crippen molar-refractivity contribution in [3.8, 4) is 5.88 Å². The Morgan fingerprint density at radius 3 is 2.55 bits per heavy atom.